The van der Waals surface area contributed by atoms with Crippen LogP contribution in [0.2, 0.25) is 0 Å². The molecule has 0 radical (unpaired) electrons. The standard InChI is InChI=1S/C19H19N3O4S/c1-9-5-7-13(8-6-9)22-16(23)11(3)26-19(25)15-10(2)14-17(24)20-12(4)21-18(14)27-15/h5-8,11H,1-4H3,(H,22,23)(H,20,21,24)/t11-/m0/s1. The first-order valence-electron chi connectivity index (χ1n) is 8.35. The third-order valence-corrected chi connectivity index (χ3v) is 5.24. The van der Waals surface area contributed by atoms with Crippen molar-refractivity contribution >= 4 is 39.1 Å². The minimum Gasteiger partial charge on any atom is -0.448 e. The zero-order chi connectivity index (χ0) is 19.7. The number of benzene rings is 1. The van der Waals surface area contributed by atoms with E-state index >= 15 is 0 Å². The number of amides is 1. The molecule has 0 aliphatic heterocycles. The van der Waals surface area contributed by atoms with Crippen molar-refractivity contribution in [2.45, 2.75) is 33.8 Å². The van der Waals surface area contributed by atoms with Crippen molar-refractivity contribution in [2.24, 2.45) is 0 Å². The number of ether oxygens (including phenoxy) is 1. The second-order valence-electron chi connectivity index (χ2n) is 6.29. The van der Waals surface area contributed by atoms with E-state index < -0.39 is 18.0 Å². The lowest BCUT2D eigenvalue weighted by Gasteiger charge is -2.13. The van der Waals surface area contributed by atoms with Gasteiger partial charge in [0.2, 0.25) is 0 Å². The maximum atomic E-state index is 12.5. The van der Waals surface area contributed by atoms with Crippen LogP contribution in [0.25, 0.3) is 10.2 Å². The average Bonchev–Trinajstić information content (AvgIpc) is 2.93. The Morgan fingerprint density at radius 3 is 2.52 bits per heavy atom. The summed E-state index contributed by atoms with van der Waals surface area (Å²) in [6.07, 6.45) is -0.989. The second-order valence-corrected chi connectivity index (χ2v) is 7.29. The van der Waals surface area contributed by atoms with E-state index in [-0.39, 0.29) is 10.4 Å². The quantitative estimate of drug-likeness (QED) is 0.672. The molecule has 7 nitrogen and oxygen atoms in total. The summed E-state index contributed by atoms with van der Waals surface area (Å²) in [5.41, 5.74) is 1.90. The lowest BCUT2D eigenvalue weighted by atomic mass is 10.2. The van der Waals surface area contributed by atoms with Gasteiger partial charge in [-0.15, -0.1) is 11.3 Å². The van der Waals surface area contributed by atoms with Crippen LogP contribution in [-0.4, -0.2) is 27.9 Å². The van der Waals surface area contributed by atoms with Crippen molar-refractivity contribution in [3.05, 3.63) is 56.4 Å². The van der Waals surface area contributed by atoms with Gasteiger partial charge in [0.15, 0.2) is 6.10 Å². The summed E-state index contributed by atoms with van der Waals surface area (Å²) >= 11 is 1.08. The summed E-state index contributed by atoms with van der Waals surface area (Å²) < 4.78 is 5.29. The van der Waals surface area contributed by atoms with Gasteiger partial charge < -0.3 is 15.0 Å². The number of aromatic nitrogens is 2. The number of rotatable bonds is 4. The molecule has 3 rings (SSSR count). The number of hydrogen-bond acceptors (Lipinski definition) is 6. The summed E-state index contributed by atoms with van der Waals surface area (Å²) in [5.74, 6) is -0.614. The van der Waals surface area contributed by atoms with Gasteiger partial charge in [0.1, 0.15) is 15.5 Å². The second kappa shape index (κ2) is 7.32. The molecule has 0 aliphatic rings. The third kappa shape index (κ3) is 3.90. The molecule has 1 aromatic carbocycles. The SMILES string of the molecule is Cc1ccc(NC(=O)[C@H](C)OC(=O)c2sc3nc(C)[nH]c(=O)c3c2C)cc1. The molecule has 2 N–H and O–H groups in total. The first-order chi connectivity index (χ1) is 12.8. The summed E-state index contributed by atoms with van der Waals surface area (Å²) in [4.78, 5) is 44.5. The normalized spacial score (nSPS) is 12.0. The minimum absolute atomic E-state index is 0.267. The summed E-state index contributed by atoms with van der Waals surface area (Å²) in [5, 5.41) is 3.07. The van der Waals surface area contributed by atoms with E-state index in [1.54, 1.807) is 26.0 Å². The zero-order valence-corrected chi connectivity index (χ0v) is 16.2. The van der Waals surface area contributed by atoms with E-state index in [1.165, 1.54) is 6.92 Å². The van der Waals surface area contributed by atoms with Crippen molar-refractivity contribution in [1.29, 1.82) is 0 Å². The van der Waals surface area contributed by atoms with Crippen LogP contribution in [-0.2, 0) is 9.53 Å². The van der Waals surface area contributed by atoms with Crippen LogP contribution in [0.4, 0.5) is 5.69 Å². The Labute approximate surface area is 159 Å². The number of anilines is 1. The maximum Gasteiger partial charge on any atom is 0.349 e. The molecule has 0 fully saturated rings. The number of esters is 1. The molecule has 1 amide bonds. The Bertz CT molecular complexity index is 1080. The lowest BCUT2D eigenvalue weighted by molar-refractivity contribution is -0.123. The fourth-order valence-electron chi connectivity index (χ4n) is 2.59. The molecule has 2 heterocycles. The van der Waals surface area contributed by atoms with Crippen LogP contribution in [0, 0.1) is 20.8 Å². The average molecular weight is 385 g/mol. The molecule has 0 saturated heterocycles. The van der Waals surface area contributed by atoms with E-state index in [0.717, 1.165) is 16.9 Å². The molecule has 0 bridgehead atoms. The highest BCUT2D eigenvalue weighted by atomic mass is 32.1. The highest BCUT2D eigenvalue weighted by molar-refractivity contribution is 7.20. The van der Waals surface area contributed by atoms with E-state index in [2.05, 4.69) is 15.3 Å². The van der Waals surface area contributed by atoms with E-state index in [1.807, 2.05) is 19.1 Å². The van der Waals surface area contributed by atoms with Crippen LogP contribution in [0.15, 0.2) is 29.1 Å². The molecule has 1 atom stereocenters. The first-order valence-corrected chi connectivity index (χ1v) is 9.16. The third-order valence-electron chi connectivity index (χ3n) is 4.08. The first kappa shape index (κ1) is 18.8. The molecule has 0 unspecified atom stereocenters. The number of H-pyrrole nitrogens is 1. The highest BCUT2D eigenvalue weighted by Crippen LogP contribution is 2.28. The van der Waals surface area contributed by atoms with Gasteiger partial charge in [-0.2, -0.15) is 0 Å². The Morgan fingerprint density at radius 1 is 1.19 bits per heavy atom. The molecule has 0 aliphatic carbocycles. The zero-order valence-electron chi connectivity index (χ0n) is 15.4. The smallest absolute Gasteiger partial charge is 0.349 e. The summed E-state index contributed by atoms with van der Waals surface area (Å²) in [6.45, 7) is 6.79. The van der Waals surface area contributed by atoms with Crippen LogP contribution in [0.1, 0.15) is 33.5 Å². The van der Waals surface area contributed by atoms with Gasteiger partial charge in [-0.05, 0) is 45.4 Å². The van der Waals surface area contributed by atoms with Gasteiger partial charge >= 0.3 is 5.97 Å². The molecule has 3 aromatic rings. The van der Waals surface area contributed by atoms with Crippen molar-refractivity contribution in [1.82, 2.24) is 9.97 Å². The number of carbonyl (C=O) groups is 2. The molecular formula is C19H19N3O4S. The Balaban J connectivity index is 1.76. The van der Waals surface area contributed by atoms with Crippen molar-refractivity contribution in [3.8, 4) is 0 Å². The largest absolute Gasteiger partial charge is 0.448 e. The van der Waals surface area contributed by atoms with E-state index in [0.29, 0.717) is 27.3 Å². The van der Waals surface area contributed by atoms with Gasteiger partial charge in [0.25, 0.3) is 11.5 Å². The number of carbonyl (C=O) groups excluding carboxylic acids is 2. The number of aromatic amines is 1. The topological polar surface area (TPSA) is 101 Å². The van der Waals surface area contributed by atoms with E-state index in [4.69, 9.17) is 4.74 Å². The van der Waals surface area contributed by atoms with Crippen LogP contribution >= 0.6 is 11.3 Å². The maximum absolute atomic E-state index is 12.5. The van der Waals surface area contributed by atoms with Crippen LogP contribution < -0.4 is 10.9 Å². The van der Waals surface area contributed by atoms with Gasteiger partial charge in [0, 0.05) is 5.69 Å². The monoisotopic (exact) mass is 385 g/mol. The number of hydrogen-bond donors (Lipinski definition) is 2. The molecule has 8 heteroatoms. The minimum atomic E-state index is -0.989. The summed E-state index contributed by atoms with van der Waals surface area (Å²) in [7, 11) is 0. The molecule has 0 spiro atoms. The molecule has 0 saturated carbocycles. The van der Waals surface area contributed by atoms with Crippen LogP contribution in [0.3, 0.4) is 0 Å². The lowest BCUT2D eigenvalue weighted by Crippen LogP contribution is -2.29. The fraction of sp³-hybridized carbons (Fsp3) is 0.263. The number of aryl methyl sites for hydroxylation is 3. The Morgan fingerprint density at radius 2 is 1.85 bits per heavy atom. The van der Waals surface area contributed by atoms with Crippen molar-refractivity contribution in [2.75, 3.05) is 5.32 Å². The number of nitrogens with one attached hydrogen (secondary N) is 2. The summed E-state index contributed by atoms with van der Waals surface area (Å²) in [6, 6.07) is 7.30. The van der Waals surface area contributed by atoms with Gasteiger partial charge in [0.05, 0.1) is 5.39 Å². The van der Waals surface area contributed by atoms with E-state index in [9.17, 15) is 14.4 Å². The predicted octanol–water partition coefficient (Wildman–Crippen LogP) is 3.09. The molecule has 27 heavy (non-hydrogen) atoms. The van der Waals surface area contributed by atoms with Gasteiger partial charge in [-0.1, -0.05) is 17.7 Å². The molecule has 2 aromatic heterocycles. The number of nitrogens with zero attached hydrogens (tertiary/aromatic N) is 1. The fourth-order valence-corrected chi connectivity index (χ4v) is 3.70. The van der Waals surface area contributed by atoms with Gasteiger partial charge in [-0.25, -0.2) is 9.78 Å². The number of fused-ring (bicyclic) bond motifs is 1. The molecule has 140 valence electrons. The Kier molecular flexibility index (Phi) is 5.09. The van der Waals surface area contributed by atoms with Crippen molar-refractivity contribution in [3.63, 3.8) is 0 Å². The predicted molar refractivity (Wildman–Crippen MR) is 104 cm³/mol. The Hall–Kier alpha value is -3.00. The van der Waals surface area contributed by atoms with Gasteiger partial charge in [-0.3, -0.25) is 9.59 Å². The van der Waals surface area contributed by atoms with Crippen molar-refractivity contribution < 1.29 is 14.3 Å². The van der Waals surface area contributed by atoms with Crippen LogP contribution in [0.5, 0.6) is 0 Å². The number of thiophene rings is 1. The highest BCUT2D eigenvalue weighted by Gasteiger charge is 2.24. The molecular weight excluding hydrogens is 366 g/mol.